The number of carbonyl (C=O) groups excluding carboxylic acids is 1. The van der Waals surface area contributed by atoms with Crippen molar-refractivity contribution in [2.24, 2.45) is 0 Å². The summed E-state index contributed by atoms with van der Waals surface area (Å²) in [4.78, 5) is 12.8. The molecule has 1 aliphatic rings. The number of anilines is 1. The Kier molecular flexibility index (Phi) is 5.95. The lowest BCUT2D eigenvalue weighted by atomic mass is 9.95. The highest BCUT2D eigenvalue weighted by Gasteiger charge is 2.47. The summed E-state index contributed by atoms with van der Waals surface area (Å²) in [7, 11) is 0. The van der Waals surface area contributed by atoms with E-state index in [-0.39, 0.29) is 24.3 Å². The predicted molar refractivity (Wildman–Crippen MR) is 116 cm³/mol. The molecule has 2 aromatic carbocycles. The summed E-state index contributed by atoms with van der Waals surface area (Å²) in [5, 5.41) is 9.83. The van der Waals surface area contributed by atoms with E-state index in [9.17, 15) is 18.0 Å². The van der Waals surface area contributed by atoms with Gasteiger partial charge in [-0.15, -0.1) is 0 Å². The van der Waals surface area contributed by atoms with Crippen LogP contribution in [0.3, 0.4) is 0 Å². The number of nitrogens with zero attached hydrogens (tertiary/aromatic N) is 2. The molecular formula is C24H25F3N4O. The monoisotopic (exact) mass is 442 g/mol. The van der Waals surface area contributed by atoms with Crippen molar-refractivity contribution < 1.29 is 18.0 Å². The van der Waals surface area contributed by atoms with E-state index < -0.39 is 24.2 Å². The molecule has 0 bridgehead atoms. The van der Waals surface area contributed by atoms with Crippen molar-refractivity contribution in [2.75, 3.05) is 5.32 Å². The normalized spacial score (nSPS) is 18.0. The number of aryl methyl sites for hydroxylation is 2. The summed E-state index contributed by atoms with van der Waals surface area (Å²) in [6.07, 6.45) is -2.63. The van der Waals surface area contributed by atoms with Gasteiger partial charge >= 0.3 is 6.18 Å². The van der Waals surface area contributed by atoms with Gasteiger partial charge in [0.25, 0.3) is 5.91 Å². The molecule has 168 valence electrons. The first-order valence-corrected chi connectivity index (χ1v) is 10.6. The summed E-state index contributed by atoms with van der Waals surface area (Å²) >= 11 is 0. The van der Waals surface area contributed by atoms with Gasteiger partial charge in [0, 0.05) is 13.0 Å². The molecule has 0 saturated heterocycles. The Morgan fingerprint density at radius 3 is 2.41 bits per heavy atom. The molecule has 4 rings (SSSR count). The standard InChI is InChI=1S/C24H25F3N4O/c1-3-16-8-10-18(11-9-16)20-12-21(24(25,26)27)31-22(30-20)19(14-29-31)23(32)28-13-17-6-4-15(2)5-7-17/h4-11,14,20-21,30H,3,12-13H2,1-2H3,(H,28,32). The third-order valence-electron chi connectivity index (χ3n) is 5.85. The van der Waals surface area contributed by atoms with Crippen LogP contribution in [0, 0.1) is 6.92 Å². The lowest BCUT2D eigenvalue weighted by Gasteiger charge is -2.34. The van der Waals surface area contributed by atoms with E-state index in [1.807, 2.05) is 62.4 Å². The van der Waals surface area contributed by atoms with Crippen LogP contribution in [0.2, 0.25) is 0 Å². The zero-order chi connectivity index (χ0) is 22.9. The number of rotatable bonds is 5. The van der Waals surface area contributed by atoms with E-state index in [1.54, 1.807) is 0 Å². The molecule has 0 spiro atoms. The lowest BCUT2D eigenvalue weighted by molar-refractivity contribution is -0.173. The van der Waals surface area contributed by atoms with Crippen LogP contribution in [-0.2, 0) is 13.0 Å². The fourth-order valence-electron chi connectivity index (χ4n) is 3.92. The maximum Gasteiger partial charge on any atom is 0.410 e. The Bertz CT molecular complexity index is 1090. The van der Waals surface area contributed by atoms with Gasteiger partial charge in [0.15, 0.2) is 6.04 Å². The van der Waals surface area contributed by atoms with Crippen LogP contribution < -0.4 is 10.6 Å². The van der Waals surface area contributed by atoms with E-state index in [0.717, 1.165) is 33.4 Å². The summed E-state index contributed by atoms with van der Waals surface area (Å²) in [6, 6.07) is 12.8. The first kappa shape index (κ1) is 21.9. The number of fused-ring (bicyclic) bond motifs is 1. The van der Waals surface area contributed by atoms with Gasteiger partial charge < -0.3 is 10.6 Å². The number of carbonyl (C=O) groups is 1. The smallest absolute Gasteiger partial charge is 0.363 e. The summed E-state index contributed by atoms with van der Waals surface area (Å²) in [5.41, 5.74) is 3.96. The molecule has 0 radical (unpaired) electrons. The summed E-state index contributed by atoms with van der Waals surface area (Å²) in [5.74, 6) is -0.383. The highest BCUT2D eigenvalue weighted by molar-refractivity contribution is 5.98. The molecule has 8 heteroatoms. The van der Waals surface area contributed by atoms with E-state index in [4.69, 9.17) is 0 Å². The minimum absolute atomic E-state index is 0.0875. The number of amides is 1. The highest BCUT2D eigenvalue weighted by atomic mass is 19.4. The Morgan fingerprint density at radius 1 is 1.12 bits per heavy atom. The molecule has 2 unspecified atom stereocenters. The largest absolute Gasteiger partial charge is 0.410 e. The van der Waals surface area contributed by atoms with Gasteiger partial charge in [0.1, 0.15) is 11.4 Å². The third-order valence-corrected chi connectivity index (χ3v) is 5.85. The van der Waals surface area contributed by atoms with Gasteiger partial charge in [-0.1, -0.05) is 61.0 Å². The minimum atomic E-state index is -4.49. The Balaban J connectivity index is 1.60. The average molecular weight is 442 g/mol. The zero-order valence-electron chi connectivity index (χ0n) is 17.9. The average Bonchev–Trinajstić information content (AvgIpc) is 3.21. The first-order valence-electron chi connectivity index (χ1n) is 10.6. The molecule has 1 amide bonds. The van der Waals surface area contributed by atoms with Crippen molar-refractivity contribution in [3.05, 3.63) is 82.5 Å². The number of nitrogens with one attached hydrogen (secondary N) is 2. The van der Waals surface area contributed by atoms with Crippen LogP contribution in [0.25, 0.3) is 0 Å². The molecule has 2 heterocycles. The second-order valence-corrected chi connectivity index (χ2v) is 8.10. The molecule has 2 N–H and O–H groups in total. The van der Waals surface area contributed by atoms with E-state index in [0.29, 0.717) is 0 Å². The molecule has 0 aliphatic carbocycles. The van der Waals surface area contributed by atoms with Crippen LogP contribution in [-0.4, -0.2) is 21.9 Å². The Morgan fingerprint density at radius 2 is 1.78 bits per heavy atom. The van der Waals surface area contributed by atoms with E-state index in [2.05, 4.69) is 15.7 Å². The maximum absolute atomic E-state index is 13.9. The van der Waals surface area contributed by atoms with Crippen molar-refractivity contribution in [3.8, 4) is 0 Å². The zero-order valence-corrected chi connectivity index (χ0v) is 17.9. The van der Waals surface area contributed by atoms with Gasteiger partial charge in [0.05, 0.1) is 12.2 Å². The maximum atomic E-state index is 13.9. The highest BCUT2D eigenvalue weighted by Crippen LogP contribution is 2.44. The van der Waals surface area contributed by atoms with Crippen molar-refractivity contribution in [1.82, 2.24) is 15.1 Å². The molecule has 1 aromatic heterocycles. The number of hydrogen-bond donors (Lipinski definition) is 2. The molecular weight excluding hydrogens is 417 g/mol. The fourth-order valence-corrected chi connectivity index (χ4v) is 3.92. The SMILES string of the molecule is CCc1ccc(C2CC(C(F)(F)F)n3ncc(C(=O)NCc4ccc(C)cc4)c3N2)cc1. The van der Waals surface area contributed by atoms with Crippen molar-refractivity contribution in [1.29, 1.82) is 0 Å². The minimum Gasteiger partial charge on any atom is -0.363 e. The predicted octanol–water partition coefficient (Wildman–Crippen LogP) is 5.34. The molecule has 2 atom stereocenters. The second-order valence-electron chi connectivity index (χ2n) is 8.10. The lowest BCUT2D eigenvalue weighted by Crippen LogP contribution is -2.36. The van der Waals surface area contributed by atoms with E-state index >= 15 is 0 Å². The number of halogens is 3. The van der Waals surface area contributed by atoms with Crippen molar-refractivity contribution >= 4 is 11.7 Å². The molecule has 32 heavy (non-hydrogen) atoms. The van der Waals surface area contributed by atoms with Gasteiger partial charge in [-0.3, -0.25) is 4.79 Å². The molecule has 0 saturated carbocycles. The van der Waals surface area contributed by atoms with Gasteiger partial charge in [0.2, 0.25) is 0 Å². The van der Waals surface area contributed by atoms with Crippen molar-refractivity contribution in [3.63, 3.8) is 0 Å². The molecule has 3 aromatic rings. The Hall–Kier alpha value is -3.29. The molecule has 5 nitrogen and oxygen atoms in total. The number of hydrogen-bond acceptors (Lipinski definition) is 3. The quantitative estimate of drug-likeness (QED) is 0.561. The number of alkyl halides is 3. The fraction of sp³-hybridized carbons (Fsp3) is 0.333. The van der Waals surface area contributed by atoms with Gasteiger partial charge in [-0.2, -0.15) is 18.3 Å². The van der Waals surface area contributed by atoms with Crippen LogP contribution in [0.15, 0.2) is 54.7 Å². The van der Waals surface area contributed by atoms with Gasteiger partial charge in [-0.25, -0.2) is 4.68 Å². The number of benzene rings is 2. The van der Waals surface area contributed by atoms with Crippen LogP contribution >= 0.6 is 0 Å². The van der Waals surface area contributed by atoms with Crippen LogP contribution in [0.5, 0.6) is 0 Å². The van der Waals surface area contributed by atoms with Gasteiger partial charge in [-0.05, 0) is 30.0 Å². The van der Waals surface area contributed by atoms with Crippen molar-refractivity contribution in [2.45, 2.75) is 51.5 Å². The summed E-state index contributed by atoms with van der Waals surface area (Å²) < 4.78 is 42.4. The topological polar surface area (TPSA) is 59.0 Å². The van der Waals surface area contributed by atoms with Crippen LogP contribution in [0.1, 0.15) is 58.0 Å². The van der Waals surface area contributed by atoms with E-state index in [1.165, 1.54) is 6.20 Å². The second kappa shape index (κ2) is 8.68. The number of aromatic nitrogens is 2. The molecule has 1 aliphatic heterocycles. The summed E-state index contributed by atoms with van der Waals surface area (Å²) in [6.45, 7) is 4.26. The first-order chi connectivity index (χ1) is 15.3. The van der Waals surface area contributed by atoms with Crippen LogP contribution in [0.4, 0.5) is 19.0 Å². The Labute approximate surface area is 184 Å². The molecule has 0 fully saturated rings. The third kappa shape index (κ3) is 4.49.